The summed E-state index contributed by atoms with van der Waals surface area (Å²) in [7, 11) is 0. The Morgan fingerprint density at radius 2 is 1.52 bits per heavy atom. The van der Waals surface area contributed by atoms with Crippen LogP contribution < -0.4 is 5.32 Å². The van der Waals surface area contributed by atoms with Gasteiger partial charge >= 0.3 is 6.01 Å². The van der Waals surface area contributed by atoms with Gasteiger partial charge < -0.3 is 4.42 Å². The molecule has 0 spiro atoms. The largest absolute Gasteiger partial charge is 0.407 e. The second-order valence-corrected chi connectivity index (χ2v) is 7.33. The predicted molar refractivity (Wildman–Crippen MR) is 117 cm³/mol. The van der Waals surface area contributed by atoms with Gasteiger partial charge in [0.2, 0.25) is 5.89 Å². The molecule has 154 valence electrons. The van der Waals surface area contributed by atoms with Crippen LogP contribution in [0.5, 0.6) is 0 Å². The summed E-state index contributed by atoms with van der Waals surface area (Å²) in [6.07, 6.45) is 0.491. The second-order valence-electron chi connectivity index (χ2n) is 7.33. The average Bonchev–Trinajstić information content (AvgIpc) is 3.22. The molecule has 4 rings (SSSR count). The molecule has 4 aromatic rings. The van der Waals surface area contributed by atoms with E-state index in [9.17, 15) is 9.59 Å². The van der Waals surface area contributed by atoms with Gasteiger partial charge in [-0.05, 0) is 37.1 Å². The highest BCUT2D eigenvalue weighted by Gasteiger charge is 2.14. The number of aryl methyl sites for hydroxylation is 2. The molecule has 0 radical (unpaired) electrons. The maximum Gasteiger partial charge on any atom is 0.322 e. The van der Waals surface area contributed by atoms with Gasteiger partial charge in [-0.1, -0.05) is 71.3 Å². The van der Waals surface area contributed by atoms with Crippen molar-refractivity contribution in [3.05, 3.63) is 112 Å². The Hall–Kier alpha value is -4.06. The minimum absolute atomic E-state index is 0.0363. The molecule has 1 amide bonds. The van der Waals surface area contributed by atoms with Gasteiger partial charge in [0, 0.05) is 16.7 Å². The molecule has 0 atom stereocenters. The van der Waals surface area contributed by atoms with Crippen LogP contribution in [0.15, 0.2) is 77.2 Å². The molecule has 0 fully saturated rings. The average molecular weight is 411 g/mol. The molecule has 0 unspecified atom stereocenters. The van der Waals surface area contributed by atoms with Crippen molar-refractivity contribution in [3.63, 3.8) is 0 Å². The number of benzene rings is 3. The number of carbonyl (C=O) groups is 2. The molecular weight excluding hydrogens is 390 g/mol. The van der Waals surface area contributed by atoms with Crippen molar-refractivity contribution in [2.75, 3.05) is 5.32 Å². The molecule has 1 aromatic heterocycles. The third-order valence-electron chi connectivity index (χ3n) is 4.97. The Bertz CT molecular complexity index is 1230. The highest BCUT2D eigenvalue weighted by atomic mass is 16.4. The van der Waals surface area contributed by atoms with E-state index in [0.29, 0.717) is 29.0 Å². The van der Waals surface area contributed by atoms with Crippen molar-refractivity contribution in [1.82, 2.24) is 10.2 Å². The van der Waals surface area contributed by atoms with Crippen molar-refractivity contribution < 1.29 is 14.0 Å². The lowest BCUT2D eigenvalue weighted by atomic mass is 10.0. The van der Waals surface area contributed by atoms with Gasteiger partial charge in [-0.3, -0.25) is 14.9 Å². The molecular formula is C25H21N3O3. The van der Waals surface area contributed by atoms with Gasteiger partial charge in [0.1, 0.15) is 0 Å². The van der Waals surface area contributed by atoms with Gasteiger partial charge in [0.05, 0.1) is 6.42 Å². The summed E-state index contributed by atoms with van der Waals surface area (Å²) in [5.41, 5.74) is 4.92. The van der Waals surface area contributed by atoms with Crippen LogP contribution in [0.3, 0.4) is 0 Å². The second kappa shape index (κ2) is 8.75. The fraction of sp³-hybridized carbons (Fsp3) is 0.120. The van der Waals surface area contributed by atoms with E-state index in [1.807, 2.05) is 44.2 Å². The molecule has 0 saturated heterocycles. The third kappa shape index (κ3) is 4.75. The molecule has 0 bridgehead atoms. The molecule has 0 aliphatic rings. The molecule has 0 saturated carbocycles. The number of ketones is 1. The van der Waals surface area contributed by atoms with Crippen LogP contribution in [0.25, 0.3) is 0 Å². The van der Waals surface area contributed by atoms with E-state index in [0.717, 1.165) is 11.1 Å². The minimum atomic E-state index is -0.388. The van der Waals surface area contributed by atoms with E-state index in [-0.39, 0.29) is 17.7 Å². The number of amides is 1. The van der Waals surface area contributed by atoms with E-state index in [1.54, 1.807) is 36.4 Å². The number of aromatic nitrogens is 2. The first kappa shape index (κ1) is 20.2. The fourth-order valence-corrected chi connectivity index (χ4v) is 3.28. The molecule has 0 aliphatic carbocycles. The van der Waals surface area contributed by atoms with Crippen LogP contribution in [-0.4, -0.2) is 21.9 Å². The summed E-state index contributed by atoms with van der Waals surface area (Å²) in [5.74, 6) is -0.0630. The summed E-state index contributed by atoms with van der Waals surface area (Å²) in [6.45, 7) is 4.08. The molecule has 3 aromatic carbocycles. The number of hydrogen-bond donors (Lipinski definition) is 1. The maximum atomic E-state index is 12.5. The van der Waals surface area contributed by atoms with Crippen molar-refractivity contribution in [1.29, 1.82) is 0 Å². The molecule has 31 heavy (non-hydrogen) atoms. The molecule has 6 heteroatoms. The fourth-order valence-electron chi connectivity index (χ4n) is 3.28. The topological polar surface area (TPSA) is 85.1 Å². The normalized spacial score (nSPS) is 10.6. The van der Waals surface area contributed by atoms with Crippen LogP contribution in [0.1, 0.15) is 48.9 Å². The van der Waals surface area contributed by atoms with Crippen LogP contribution in [0.2, 0.25) is 0 Å². The van der Waals surface area contributed by atoms with Crippen LogP contribution in [-0.2, 0) is 6.42 Å². The Kier molecular flexibility index (Phi) is 5.71. The van der Waals surface area contributed by atoms with Crippen molar-refractivity contribution >= 4 is 17.7 Å². The predicted octanol–water partition coefficient (Wildman–Crippen LogP) is 4.76. The summed E-state index contributed by atoms with van der Waals surface area (Å²) in [5, 5.41) is 10.5. The van der Waals surface area contributed by atoms with Crippen molar-refractivity contribution in [2.45, 2.75) is 20.3 Å². The standard InChI is InChI=1S/C25H21N3O3/c1-16-8-9-21(17(2)14-16)15-22-27-28-25(31-22)26-24(30)20-12-10-19(11-13-20)23(29)18-6-4-3-5-7-18/h3-14H,15H2,1-2H3,(H,26,28,30). The van der Waals surface area contributed by atoms with Crippen molar-refractivity contribution in [3.8, 4) is 0 Å². The van der Waals surface area contributed by atoms with E-state index in [2.05, 4.69) is 21.6 Å². The smallest absolute Gasteiger partial charge is 0.322 e. The molecule has 0 aliphatic heterocycles. The van der Waals surface area contributed by atoms with E-state index in [4.69, 9.17) is 4.42 Å². The molecule has 6 nitrogen and oxygen atoms in total. The van der Waals surface area contributed by atoms with Crippen LogP contribution in [0, 0.1) is 13.8 Å². The van der Waals surface area contributed by atoms with Gasteiger partial charge in [-0.25, -0.2) is 0 Å². The first-order chi connectivity index (χ1) is 15.0. The molecule has 1 heterocycles. The quantitative estimate of drug-likeness (QED) is 0.462. The Labute approximate surface area is 180 Å². The van der Waals surface area contributed by atoms with Gasteiger partial charge in [0.15, 0.2) is 5.78 Å². The number of hydrogen-bond acceptors (Lipinski definition) is 5. The number of rotatable bonds is 6. The first-order valence-electron chi connectivity index (χ1n) is 9.89. The Balaban J connectivity index is 1.41. The lowest BCUT2D eigenvalue weighted by Crippen LogP contribution is -2.12. The summed E-state index contributed by atoms with van der Waals surface area (Å²) < 4.78 is 5.58. The highest BCUT2D eigenvalue weighted by molar-refractivity contribution is 6.10. The van der Waals surface area contributed by atoms with E-state index < -0.39 is 0 Å². The number of carbonyl (C=O) groups excluding carboxylic acids is 2. The first-order valence-corrected chi connectivity index (χ1v) is 9.89. The van der Waals surface area contributed by atoms with E-state index in [1.165, 1.54) is 5.56 Å². The SMILES string of the molecule is Cc1ccc(Cc2nnc(NC(=O)c3ccc(C(=O)c4ccccc4)cc3)o2)c(C)c1. The maximum absolute atomic E-state index is 12.5. The van der Waals surface area contributed by atoms with Crippen LogP contribution >= 0.6 is 0 Å². The number of nitrogens with zero attached hydrogens (tertiary/aromatic N) is 2. The highest BCUT2D eigenvalue weighted by Crippen LogP contribution is 2.17. The zero-order valence-electron chi connectivity index (χ0n) is 17.3. The minimum Gasteiger partial charge on any atom is -0.407 e. The van der Waals surface area contributed by atoms with Gasteiger partial charge in [0.25, 0.3) is 5.91 Å². The van der Waals surface area contributed by atoms with Gasteiger partial charge in [-0.15, -0.1) is 5.10 Å². The summed E-state index contributed by atoms with van der Waals surface area (Å²) in [6, 6.07) is 21.7. The van der Waals surface area contributed by atoms with Crippen LogP contribution in [0.4, 0.5) is 6.01 Å². The number of nitrogens with one attached hydrogen (secondary N) is 1. The third-order valence-corrected chi connectivity index (χ3v) is 4.97. The lowest BCUT2D eigenvalue weighted by Gasteiger charge is -2.04. The number of anilines is 1. The lowest BCUT2D eigenvalue weighted by molar-refractivity contribution is 0.101. The molecule has 1 N–H and O–H groups in total. The zero-order chi connectivity index (χ0) is 21.8. The van der Waals surface area contributed by atoms with Crippen molar-refractivity contribution in [2.24, 2.45) is 0 Å². The Morgan fingerprint density at radius 1 is 0.839 bits per heavy atom. The monoisotopic (exact) mass is 411 g/mol. The Morgan fingerprint density at radius 3 is 2.23 bits per heavy atom. The van der Waals surface area contributed by atoms with Gasteiger partial charge in [-0.2, -0.15) is 0 Å². The summed E-state index contributed by atoms with van der Waals surface area (Å²) in [4.78, 5) is 25.0. The van der Waals surface area contributed by atoms with E-state index >= 15 is 0 Å². The summed E-state index contributed by atoms with van der Waals surface area (Å²) >= 11 is 0. The zero-order valence-corrected chi connectivity index (χ0v) is 17.3.